The summed E-state index contributed by atoms with van der Waals surface area (Å²) in [5.74, 6) is -0.873. The predicted octanol–water partition coefficient (Wildman–Crippen LogP) is 1.84. The first-order valence-corrected chi connectivity index (χ1v) is 7.12. The number of carbonyl (C=O) groups is 2. The normalized spacial score (nSPS) is 19.6. The largest absolute Gasteiger partial charge is 0.369 e. The van der Waals surface area contributed by atoms with Crippen LogP contribution in [0, 0.1) is 5.82 Å². The summed E-state index contributed by atoms with van der Waals surface area (Å²) in [4.78, 5) is 29.0. The average Bonchev–Trinajstić information content (AvgIpc) is 2.73. The number of likely N-dealkylation sites (tertiary alicyclic amines) is 1. The summed E-state index contributed by atoms with van der Waals surface area (Å²) in [6.45, 7) is 0. The standard InChI is InChI=1S/C13H12BrFN4O2/c1-18-11(20)3-2-9(12(18)21)19-10-4-6(14)7(15)5-8(10)17-13(19)16/h4-5,9H,2-3H2,1H3,(H2,16,17). The third kappa shape index (κ3) is 2.10. The van der Waals surface area contributed by atoms with Crippen molar-refractivity contribution in [3.8, 4) is 0 Å². The van der Waals surface area contributed by atoms with Crippen LogP contribution in [0.2, 0.25) is 0 Å². The van der Waals surface area contributed by atoms with Gasteiger partial charge in [0.05, 0.1) is 15.5 Å². The van der Waals surface area contributed by atoms with Crippen molar-refractivity contribution in [1.82, 2.24) is 14.5 Å². The maximum Gasteiger partial charge on any atom is 0.252 e. The topological polar surface area (TPSA) is 81.2 Å². The van der Waals surface area contributed by atoms with Gasteiger partial charge in [-0.3, -0.25) is 19.1 Å². The number of likely N-dealkylation sites (N-methyl/N-ethyl adjacent to an activating group) is 1. The number of rotatable bonds is 1. The number of fused-ring (bicyclic) bond motifs is 1. The van der Waals surface area contributed by atoms with Crippen LogP contribution < -0.4 is 5.73 Å². The number of hydrogen-bond donors (Lipinski definition) is 1. The zero-order chi connectivity index (χ0) is 15.3. The Balaban J connectivity index is 2.16. The quantitative estimate of drug-likeness (QED) is 0.792. The van der Waals surface area contributed by atoms with Crippen LogP contribution in [0.25, 0.3) is 11.0 Å². The van der Waals surface area contributed by atoms with Crippen molar-refractivity contribution >= 4 is 44.7 Å². The number of carbonyl (C=O) groups excluding carboxylic acids is 2. The summed E-state index contributed by atoms with van der Waals surface area (Å²) in [5, 5.41) is 0. The van der Waals surface area contributed by atoms with Gasteiger partial charge in [0, 0.05) is 19.5 Å². The van der Waals surface area contributed by atoms with Crippen LogP contribution in [0.15, 0.2) is 16.6 Å². The molecule has 3 rings (SSSR count). The first-order valence-electron chi connectivity index (χ1n) is 6.33. The number of halogens is 2. The van der Waals surface area contributed by atoms with Crippen molar-refractivity contribution in [3.63, 3.8) is 0 Å². The van der Waals surface area contributed by atoms with Gasteiger partial charge in [-0.25, -0.2) is 9.37 Å². The van der Waals surface area contributed by atoms with Gasteiger partial charge in [0.15, 0.2) is 0 Å². The van der Waals surface area contributed by atoms with Crippen molar-refractivity contribution in [2.45, 2.75) is 18.9 Å². The number of benzene rings is 1. The van der Waals surface area contributed by atoms with E-state index >= 15 is 0 Å². The smallest absolute Gasteiger partial charge is 0.252 e. The zero-order valence-electron chi connectivity index (χ0n) is 11.1. The molecule has 1 aliphatic rings. The van der Waals surface area contributed by atoms with Gasteiger partial charge in [-0.05, 0) is 28.4 Å². The molecule has 2 amide bonds. The molecule has 1 fully saturated rings. The lowest BCUT2D eigenvalue weighted by Gasteiger charge is -2.29. The molecular weight excluding hydrogens is 343 g/mol. The van der Waals surface area contributed by atoms with Crippen LogP contribution >= 0.6 is 15.9 Å². The van der Waals surface area contributed by atoms with Crippen LogP contribution in [-0.4, -0.2) is 33.3 Å². The Hall–Kier alpha value is -1.96. The van der Waals surface area contributed by atoms with Gasteiger partial charge in [0.25, 0.3) is 5.91 Å². The van der Waals surface area contributed by atoms with E-state index < -0.39 is 11.9 Å². The van der Waals surface area contributed by atoms with E-state index in [4.69, 9.17) is 5.73 Å². The summed E-state index contributed by atoms with van der Waals surface area (Å²) in [6, 6.07) is 2.20. The summed E-state index contributed by atoms with van der Waals surface area (Å²) in [5.41, 5.74) is 6.82. The molecule has 0 radical (unpaired) electrons. The SMILES string of the molecule is CN1C(=O)CCC(n2c(N)nc3cc(F)c(Br)cc32)C1=O. The lowest BCUT2D eigenvalue weighted by molar-refractivity contribution is -0.149. The third-order valence-corrected chi connectivity index (χ3v) is 4.30. The molecule has 6 nitrogen and oxygen atoms in total. The van der Waals surface area contributed by atoms with Crippen molar-refractivity contribution in [2.24, 2.45) is 0 Å². The molecule has 2 aromatic rings. The number of nitrogen functional groups attached to an aromatic ring is 1. The maximum absolute atomic E-state index is 13.6. The molecule has 0 aliphatic carbocycles. The minimum atomic E-state index is -0.602. The lowest BCUT2D eigenvalue weighted by atomic mass is 10.0. The Labute approximate surface area is 127 Å². The Kier molecular flexibility index (Phi) is 3.20. The predicted molar refractivity (Wildman–Crippen MR) is 77.9 cm³/mol. The molecule has 1 atom stereocenters. The Morgan fingerprint density at radius 1 is 1.43 bits per heavy atom. The molecule has 0 bridgehead atoms. The van der Waals surface area contributed by atoms with Gasteiger partial charge in [-0.2, -0.15) is 0 Å². The van der Waals surface area contributed by atoms with Crippen LogP contribution in [0.4, 0.5) is 10.3 Å². The fraction of sp³-hybridized carbons (Fsp3) is 0.308. The van der Waals surface area contributed by atoms with Gasteiger partial charge >= 0.3 is 0 Å². The van der Waals surface area contributed by atoms with E-state index in [0.717, 1.165) is 4.90 Å². The van der Waals surface area contributed by atoms with E-state index in [0.29, 0.717) is 17.5 Å². The Bertz CT molecular complexity index is 773. The highest BCUT2D eigenvalue weighted by molar-refractivity contribution is 9.10. The van der Waals surface area contributed by atoms with Gasteiger partial charge in [0.2, 0.25) is 11.9 Å². The third-order valence-electron chi connectivity index (χ3n) is 3.69. The second-order valence-corrected chi connectivity index (χ2v) is 5.79. The van der Waals surface area contributed by atoms with Crippen LogP contribution in [0.1, 0.15) is 18.9 Å². The van der Waals surface area contributed by atoms with Gasteiger partial charge < -0.3 is 5.73 Å². The Morgan fingerprint density at radius 3 is 2.86 bits per heavy atom. The minimum Gasteiger partial charge on any atom is -0.369 e. The first-order chi connectivity index (χ1) is 9.90. The van der Waals surface area contributed by atoms with Crippen LogP contribution in [0.3, 0.4) is 0 Å². The minimum absolute atomic E-state index is 0.128. The number of nitrogens with two attached hydrogens (primary N) is 1. The molecule has 1 aromatic heterocycles. The summed E-state index contributed by atoms with van der Waals surface area (Å²) in [7, 11) is 1.45. The van der Waals surface area contributed by atoms with Crippen LogP contribution in [-0.2, 0) is 9.59 Å². The van der Waals surface area contributed by atoms with Crippen molar-refractivity contribution in [2.75, 3.05) is 12.8 Å². The van der Waals surface area contributed by atoms with Gasteiger partial charge in [-0.1, -0.05) is 0 Å². The summed E-state index contributed by atoms with van der Waals surface area (Å²) >= 11 is 3.11. The molecule has 0 spiro atoms. The molecule has 2 N–H and O–H groups in total. The highest BCUT2D eigenvalue weighted by atomic mass is 79.9. The molecule has 1 aromatic carbocycles. The van der Waals surface area contributed by atoms with E-state index in [1.165, 1.54) is 19.2 Å². The highest BCUT2D eigenvalue weighted by Gasteiger charge is 2.34. The number of piperidine rings is 1. The Morgan fingerprint density at radius 2 is 2.14 bits per heavy atom. The zero-order valence-corrected chi connectivity index (χ0v) is 12.7. The highest BCUT2D eigenvalue weighted by Crippen LogP contribution is 2.32. The number of anilines is 1. The molecule has 8 heteroatoms. The second-order valence-electron chi connectivity index (χ2n) is 4.94. The van der Waals surface area contributed by atoms with Crippen LogP contribution in [0.5, 0.6) is 0 Å². The van der Waals surface area contributed by atoms with E-state index in [-0.39, 0.29) is 28.7 Å². The maximum atomic E-state index is 13.6. The molecule has 110 valence electrons. The number of imide groups is 1. The van der Waals surface area contributed by atoms with Crippen molar-refractivity contribution in [1.29, 1.82) is 0 Å². The first kappa shape index (κ1) is 14.0. The molecule has 1 saturated heterocycles. The fourth-order valence-corrected chi connectivity index (χ4v) is 2.91. The second kappa shape index (κ2) is 4.80. The number of aromatic nitrogens is 2. The van der Waals surface area contributed by atoms with Gasteiger partial charge in [-0.15, -0.1) is 0 Å². The molecule has 21 heavy (non-hydrogen) atoms. The summed E-state index contributed by atoms with van der Waals surface area (Å²) in [6.07, 6.45) is 0.612. The summed E-state index contributed by atoms with van der Waals surface area (Å²) < 4.78 is 15.4. The lowest BCUT2D eigenvalue weighted by Crippen LogP contribution is -2.43. The van der Waals surface area contributed by atoms with E-state index in [1.807, 2.05) is 0 Å². The van der Waals surface area contributed by atoms with E-state index in [2.05, 4.69) is 20.9 Å². The molecule has 0 saturated carbocycles. The van der Waals surface area contributed by atoms with Gasteiger partial charge in [0.1, 0.15) is 11.9 Å². The number of nitrogens with zero attached hydrogens (tertiary/aromatic N) is 3. The number of amides is 2. The van der Waals surface area contributed by atoms with Crippen molar-refractivity contribution in [3.05, 3.63) is 22.4 Å². The molecule has 1 unspecified atom stereocenters. The van der Waals surface area contributed by atoms with E-state index in [9.17, 15) is 14.0 Å². The van der Waals surface area contributed by atoms with Crippen molar-refractivity contribution < 1.29 is 14.0 Å². The molecular formula is C13H12BrFN4O2. The molecule has 2 heterocycles. The van der Waals surface area contributed by atoms with E-state index in [1.54, 1.807) is 4.57 Å². The number of imidazole rings is 1. The average molecular weight is 355 g/mol. The molecule has 1 aliphatic heterocycles. The fourth-order valence-electron chi connectivity index (χ4n) is 2.57. The monoisotopic (exact) mass is 354 g/mol. The number of hydrogen-bond acceptors (Lipinski definition) is 4.